The summed E-state index contributed by atoms with van der Waals surface area (Å²) >= 11 is 0. The third kappa shape index (κ3) is 10.3. The molecule has 0 saturated carbocycles. The minimum Gasteiger partial charge on any atom is -0.457 e. The van der Waals surface area contributed by atoms with Gasteiger partial charge in [0.25, 0.3) is 6.33 Å². The maximum atomic E-state index is 10.1. The zero-order chi connectivity index (χ0) is 83.1. The Morgan fingerprint density at radius 2 is 0.948 bits per heavy atom. The van der Waals surface area contributed by atoms with Crippen LogP contribution in [0.5, 0.6) is 11.5 Å². The van der Waals surface area contributed by atoms with Gasteiger partial charge in [0.15, 0.2) is 19.1 Å². The van der Waals surface area contributed by atoms with Crippen molar-refractivity contribution in [3.8, 4) is 84.3 Å². The lowest BCUT2D eigenvalue weighted by Gasteiger charge is -2.35. The fourth-order valence-electron chi connectivity index (χ4n) is 13.7. The number of rotatable bonds is 10. The van der Waals surface area contributed by atoms with E-state index < -0.39 is 155 Å². The Morgan fingerprint density at radius 1 is 0.385 bits per heavy atom. The SMILES string of the molecule is [2H]c1c([2H])c([2H])c(-c2cc3c4c(c2)n(-c2cccc(Oc5ccc6c7ccccc7n(-c7cc(C(C)(C)C)ccn7)c6c5)c2)c[n+]4-c2c(-c4cc(C(C)(C)C)cc(C(C)(C)C)c4)cccc2-c2cc([Si](c4c([2H])c([2H])c([2H])c([2H])c4[2H])(c4c([2H])c([2H])c([2H])c([2H])c4[2H])c4c([2H])c([2H])c([2H])c([2H])c4[2H])ccc2-c2ccccc2-3)c([2H])c1[2H]. The Labute approximate surface area is 593 Å². The molecule has 0 saturated heterocycles. The summed E-state index contributed by atoms with van der Waals surface area (Å²) in [6.45, 7) is 19.3. The van der Waals surface area contributed by atoms with Gasteiger partial charge in [-0.15, -0.1) is 0 Å². The number of pyridine rings is 1. The molecule has 3 aromatic heterocycles. The van der Waals surface area contributed by atoms with Gasteiger partial charge in [-0.3, -0.25) is 4.57 Å². The highest BCUT2D eigenvalue weighted by atomic mass is 28.3. The van der Waals surface area contributed by atoms with Crippen LogP contribution in [0.1, 0.15) is 106 Å². The number of fused-ring (bicyclic) bond motifs is 10. The van der Waals surface area contributed by atoms with Gasteiger partial charge in [-0.25, -0.2) is 4.98 Å². The minimum atomic E-state index is -5.78. The number of para-hydroxylation sites is 2. The van der Waals surface area contributed by atoms with E-state index in [-0.39, 0.29) is 21.7 Å². The Balaban J connectivity index is 1.07. The normalized spacial score (nSPS) is 15.3. The Hall–Kier alpha value is -10.9. The summed E-state index contributed by atoms with van der Waals surface area (Å²) in [5.74, 6) is 1.65. The van der Waals surface area contributed by atoms with Crippen molar-refractivity contribution in [2.75, 3.05) is 0 Å². The molecular formula is C90H77N4OSi+. The molecular weight excluding hydrogens is 1180 g/mol. The number of imidazole rings is 1. The third-order valence-electron chi connectivity index (χ3n) is 18.6. The first-order valence-electron chi connectivity index (χ1n) is 42.0. The maximum absolute atomic E-state index is 10.1. The molecule has 0 amide bonds. The van der Waals surface area contributed by atoms with Crippen molar-refractivity contribution >= 4 is 61.7 Å². The van der Waals surface area contributed by atoms with E-state index in [4.69, 9.17) is 17.9 Å². The van der Waals surface area contributed by atoms with E-state index in [0.29, 0.717) is 72.9 Å². The van der Waals surface area contributed by atoms with Crippen molar-refractivity contribution in [1.29, 1.82) is 0 Å². The molecule has 0 N–H and O–H groups in total. The molecule has 466 valence electrons. The number of hydrogen-bond donors (Lipinski definition) is 0. The smallest absolute Gasteiger partial charge is 0.255 e. The Bertz CT molecular complexity index is 6470. The van der Waals surface area contributed by atoms with Gasteiger partial charge in [-0.2, -0.15) is 9.13 Å². The number of benzene rings is 12. The second kappa shape index (κ2) is 23.2. The zero-order valence-corrected chi connectivity index (χ0v) is 55.5. The first-order chi connectivity index (χ1) is 54.8. The van der Waals surface area contributed by atoms with E-state index in [1.807, 2.05) is 131 Å². The van der Waals surface area contributed by atoms with Crippen LogP contribution in [-0.4, -0.2) is 22.2 Å². The minimum absolute atomic E-state index is 0.0925. The molecule has 12 aromatic carbocycles. The summed E-state index contributed by atoms with van der Waals surface area (Å²) < 4.78 is 203. The fraction of sp³-hybridized carbons (Fsp3) is 0.133. The molecule has 0 aliphatic carbocycles. The van der Waals surface area contributed by atoms with Gasteiger partial charge in [0, 0.05) is 45.8 Å². The Morgan fingerprint density at radius 3 is 1.60 bits per heavy atom. The van der Waals surface area contributed by atoms with E-state index in [2.05, 4.69) is 103 Å². The van der Waals surface area contributed by atoms with Crippen LogP contribution >= 0.6 is 0 Å². The monoisotopic (exact) mass is 1280 g/mol. The molecule has 0 fully saturated rings. The molecule has 6 heteroatoms. The summed E-state index contributed by atoms with van der Waals surface area (Å²) in [4.78, 5) is 4.92. The molecule has 0 spiro atoms. The van der Waals surface area contributed by atoms with Gasteiger partial charge in [0.2, 0.25) is 0 Å². The van der Waals surface area contributed by atoms with Crippen LogP contribution in [0.2, 0.25) is 0 Å². The van der Waals surface area contributed by atoms with Crippen LogP contribution in [0.25, 0.3) is 106 Å². The van der Waals surface area contributed by atoms with E-state index >= 15 is 0 Å². The largest absolute Gasteiger partial charge is 0.457 e. The highest BCUT2D eigenvalue weighted by molar-refractivity contribution is 7.20. The Kier molecular flexibility index (Phi) is 10.1. The first-order valence-corrected chi connectivity index (χ1v) is 34.0. The van der Waals surface area contributed by atoms with Crippen LogP contribution in [0.4, 0.5) is 0 Å². The highest BCUT2D eigenvalue weighted by Crippen LogP contribution is 2.48. The van der Waals surface area contributed by atoms with E-state index in [1.54, 1.807) is 18.2 Å². The lowest BCUT2D eigenvalue weighted by Crippen LogP contribution is -2.74. The summed E-state index contributed by atoms with van der Waals surface area (Å²) in [6, 6.07) is 37.8. The predicted octanol–water partition coefficient (Wildman–Crippen LogP) is 20.1. The average Bonchev–Trinajstić information content (AvgIpc) is 0.769. The fourth-order valence-corrected chi connectivity index (χ4v) is 17.5. The summed E-state index contributed by atoms with van der Waals surface area (Å²) in [5, 5.41) is -0.0660. The number of nitrogens with zero attached hydrogens (tertiary/aromatic N) is 4. The van der Waals surface area contributed by atoms with Crippen molar-refractivity contribution in [1.82, 2.24) is 14.1 Å². The van der Waals surface area contributed by atoms with Crippen molar-refractivity contribution in [2.45, 2.75) is 78.6 Å². The van der Waals surface area contributed by atoms with E-state index in [9.17, 15) is 19.2 Å². The van der Waals surface area contributed by atoms with Crippen molar-refractivity contribution in [3.05, 3.63) is 320 Å². The van der Waals surface area contributed by atoms with Crippen LogP contribution in [-0.2, 0) is 16.2 Å². The van der Waals surface area contributed by atoms with Gasteiger partial charge in [-0.1, -0.05) is 286 Å². The number of aromatic nitrogens is 4. The number of hydrogen-bond acceptors (Lipinski definition) is 2. The summed E-state index contributed by atoms with van der Waals surface area (Å²) in [7, 11) is -5.78. The molecule has 0 bridgehead atoms. The summed E-state index contributed by atoms with van der Waals surface area (Å²) in [5.41, 5.74) is 10.1. The molecule has 1 aliphatic heterocycles. The van der Waals surface area contributed by atoms with Gasteiger partial charge < -0.3 is 4.74 Å². The molecule has 15 aromatic rings. The van der Waals surface area contributed by atoms with E-state index in [0.717, 1.165) is 49.9 Å². The lowest BCUT2D eigenvalue weighted by molar-refractivity contribution is -0.566. The van der Waals surface area contributed by atoms with Crippen LogP contribution < -0.4 is 30.1 Å². The first kappa shape index (κ1) is 41.7. The summed E-state index contributed by atoms with van der Waals surface area (Å²) in [6.07, 6.45) is 3.74. The van der Waals surface area contributed by atoms with Gasteiger partial charge in [-0.05, 0) is 147 Å². The van der Waals surface area contributed by atoms with Gasteiger partial charge >= 0.3 is 0 Å². The zero-order valence-electron chi connectivity index (χ0n) is 74.5. The highest BCUT2D eigenvalue weighted by Gasteiger charge is 2.43. The van der Waals surface area contributed by atoms with Gasteiger partial charge in [0.05, 0.1) is 38.4 Å². The maximum Gasteiger partial charge on any atom is 0.255 e. The van der Waals surface area contributed by atoms with Crippen molar-refractivity contribution < 1.29 is 36.7 Å². The van der Waals surface area contributed by atoms with E-state index in [1.165, 1.54) is 6.07 Å². The molecule has 96 heavy (non-hydrogen) atoms. The molecule has 4 heterocycles. The second-order valence-electron chi connectivity index (χ2n) is 27.6. The molecule has 5 nitrogen and oxygen atoms in total. The van der Waals surface area contributed by atoms with Gasteiger partial charge in [0.1, 0.15) is 28.7 Å². The van der Waals surface area contributed by atoms with Crippen molar-refractivity contribution in [3.63, 3.8) is 0 Å². The third-order valence-corrected chi connectivity index (χ3v) is 22.7. The van der Waals surface area contributed by atoms with Crippen LogP contribution in [0.15, 0.2) is 303 Å². The predicted molar refractivity (Wildman–Crippen MR) is 404 cm³/mol. The molecule has 16 rings (SSSR count). The average molecular weight is 1280 g/mol. The molecule has 0 unspecified atom stereocenters. The van der Waals surface area contributed by atoms with Crippen LogP contribution in [0, 0.1) is 0 Å². The lowest BCUT2D eigenvalue weighted by atomic mass is 9.78. The molecule has 0 atom stereocenters. The quantitative estimate of drug-likeness (QED) is 0.0777. The standard InChI is InChI=1S/C90H77N4OSi/c1-88(2,3)63-48-49-91-85(55-63)94-82-43-25-24-40-77(82)78-46-44-68(57-83(78)94)95-67-31-26-30-66(56-67)92-59-93-86-73(62-50-64(89(4,5)6)54-65(51-62)90(7,8)9)41-27-42-79(86)80-58-72(96(69-32-16-11-17-33-69,70-34-18-12-19-35-70)71-36-20-13-21-37-71)45-47-76(80)74-38-22-23-39-75(74)81-52-61(53-84(92)87(81)93)60-28-14-10-15-29-60/h10-59H,1-9H3/q+1/i10D,11D,12D,13D,14D,15D,16D,17D,18D,19D,20D,21D,28D,29D,32D,33D,34D,35D,36D,37D. The number of ether oxygens (including phenoxy) is 1. The molecule has 1 aliphatic rings. The van der Waals surface area contributed by atoms with Crippen LogP contribution in [0.3, 0.4) is 0 Å². The van der Waals surface area contributed by atoms with Crippen molar-refractivity contribution in [2.24, 2.45) is 0 Å². The topological polar surface area (TPSA) is 35.9 Å². The molecule has 0 radical (unpaired) electrons. The second-order valence-corrected chi connectivity index (χ2v) is 31.2.